The molecule has 1 aliphatic rings. The van der Waals surface area contributed by atoms with Crippen LogP contribution >= 0.6 is 11.3 Å². The van der Waals surface area contributed by atoms with Gasteiger partial charge in [-0.05, 0) is 18.9 Å². The molecule has 19 heavy (non-hydrogen) atoms. The lowest BCUT2D eigenvalue weighted by Crippen LogP contribution is -2.29. The first-order valence-corrected chi connectivity index (χ1v) is 6.99. The molecular formula is C12H14N4O2S. The summed E-state index contributed by atoms with van der Waals surface area (Å²) in [5.41, 5.74) is 1.50. The van der Waals surface area contributed by atoms with E-state index < -0.39 is 0 Å². The molecule has 1 aliphatic heterocycles. The summed E-state index contributed by atoms with van der Waals surface area (Å²) in [4.78, 5) is 27.4. The number of aromatic amines is 1. The minimum absolute atomic E-state index is 0.107. The number of rotatable bonds is 2. The van der Waals surface area contributed by atoms with Crippen molar-refractivity contribution in [3.63, 3.8) is 0 Å². The van der Waals surface area contributed by atoms with Crippen LogP contribution in [0.3, 0.4) is 0 Å². The molecule has 2 aromatic heterocycles. The SMILES string of the molecule is Cc1cnn(C2CCN(C(=O)c3csc(=O)[nH]3)C2)c1. The van der Waals surface area contributed by atoms with E-state index >= 15 is 0 Å². The summed E-state index contributed by atoms with van der Waals surface area (Å²) >= 11 is 1.02. The van der Waals surface area contributed by atoms with Gasteiger partial charge >= 0.3 is 4.87 Å². The minimum atomic E-state index is -0.193. The predicted molar refractivity (Wildman–Crippen MR) is 71.5 cm³/mol. The maximum absolute atomic E-state index is 12.2. The summed E-state index contributed by atoms with van der Waals surface area (Å²) in [6, 6.07) is 0.225. The van der Waals surface area contributed by atoms with Gasteiger partial charge in [0.25, 0.3) is 5.91 Å². The topological polar surface area (TPSA) is 71.0 Å². The molecule has 1 fully saturated rings. The highest BCUT2D eigenvalue weighted by atomic mass is 32.1. The molecule has 1 amide bonds. The molecular weight excluding hydrogens is 264 g/mol. The fraction of sp³-hybridized carbons (Fsp3) is 0.417. The van der Waals surface area contributed by atoms with Crippen molar-refractivity contribution in [2.24, 2.45) is 0 Å². The Balaban J connectivity index is 1.72. The lowest BCUT2D eigenvalue weighted by Gasteiger charge is -2.15. The van der Waals surface area contributed by atoms with E-state index in [0.29, 0.717) is 18.8 Å². The molecule has 3 rings (SSSR count). The molecule has 1 saturated heterocycles. The van der Waals surface area contributed by atoms with Crippen LogP contribution < -0.4 is 4.87 Å². The summed E-state index contributed by atoms with van der Waals surface area (Å²) in [7, 11) is 0. The molecule has 0 aliphatic carbocycles. The number of hydrogen-bond donors (Lipinski definition) is 1. The number of H-pyrrole nitrogens is 1. The second-order valence-electron chi connectivity index (χ2n) is 4.75. The van der Waals surface area contributed by atoms with Gasteiger partial charge in [-0.15, -0.1) is 0 Å². The molecule has 1 N–H and O–H groups in total. The third-order valence-corrected chi connectivity index (χ3v) is 3.98. The van der Waals surface area contributed by atoms with E-state index in [-0.39, 0.29) is 16.8 Å². The van der Waals surface area contributed by atoms with E-state index in [1.165, 1.54) is 0 Å². The Labute approximate surface area is 113 Å². The van der Waals surface area contributed by atoms with Gasteiger partial charge in [-0.2, -0.15) is 5.10 Å². The summed E-state index contributed by atoms with van der Waals surface area (Å²) in [6.45, 7) is 3.33. The van der Waals surface area contributed by atoms with Crippen LogP contribution in [0.15, 0.2) is 22.6 Å². The quantitative estimate of drug-likeness (QED) is 0.892. The Morgan fingerprint density at radius 1 is 1.58 bits per heavy atom. The molecule has 1 unspecified atom stereocenters. The normalized spacial score (nSPS) is 19.0. The van der Waals surface area contributed by atoms with Crippen LogP contribution in [0.5, 0.6) is 0 Å². The Morgan fingerprint density at radius 3 is 3.05 bits per heavy atom. The van der Waals surface area contributed by atoms with Crippen LogP contribution in [0.25, 0.3) is 0 Å². The van der Waals surface area contributed by atoms with Crippen molar-refractivity contribution in [3.05, 3.63) is 38.7 Å². The number of hydrogen-bond acceptors (Lipinski definition) is 4. The lowest BCUT2D eigenvalue weighted by atomic mass is 10.3. The number of nitrogens with one attached hydrogen (secondary N) is 1. The van der Waals surface area contributed by atoms with Gasteiger partial charge in [-0.25, -0.2) is 0 Å². The van der Waals surface area contributed by atoms with Gasteiger partial charge in [0.15, 0.2) is 0 Å². The Bertz CT molecular complexity index is 656. The smallest absolute Gasteiger partial charge is 0.305 e. The maximum Gasteiger partial charge on any atom is 0.305 e. The molecule has 0 radical (unpaired) electrons. The first-order chi connectivity index (χ1) is 9.13. The second kappa shape index (κ2) is 4.65. The summed E-state index contributed by atoms with van der Waals surface area (Å²) < 4.78 is 1.92. The van der Waals surface area contributed by atoms with Crippen molar-refractivity contribution in [1.29, 1.82) is 0 Å². The van der Waals surface area contributed by atoms with Gasteiger partial charge in [-0.1, -0.05) is 11.3 Å². The molecule has 0 spiro atoms. The highest BCUT2D eigenvalue weighted by molar-refractivity contribution is 7.07. The number of aromatic nitrogens is 3. The molecule has 0 saturated carbocycles. The van der Waals surface area contributed by atoms with E-state index in [1.54, 1.807) is 10.3 Å². The molecule has 7 heteroatoms. The summed E-state index contributed by atoms with van der Waals surface area (Å²) in [6.07, 6.45) is 4.70. The number of likely N-dealkylation sites (tertiary alicyclic amines) is 1. The molecule has 3 heterocycles. The largest absolute Gasteiger partial charge is 0.335 e. The van der Waals surface area contributed by atoms with Crippen LogP contribution in [-0.4, -0.2) is 38.7 Å². The zero-order valence-corrected chi connectivity index (χ0v) is 11.3. The molecule has 100 valence electrons. The van der Waals surface area contributed by atoms with Crippen molar-refractivity contribution in [2.45, 2.75) is 19.4 Å². The number of thiazole rings is 1. The first kappa shape index (κ1) is 12.2. The van der Waals surface area contributed by atoms with E-state index in [4.69, 9.17) is 0 Å². The standard InChI is InChI=1S/C12H14N4O2S/c1-8-4-13-16(5-8)9-2-3-15(6-9)11(17)10-7-19-12(18)14-10/h4-5,7,9H,2-3,6H2,1H3,(H,14,18). The lowest BCUT2D eigenvalue weighted by molar-refractivity contribution is 0.0782. The number of amides is 1. The number of carbonyl (C=O) groups is 1. The molecule has 2 aromatic rings. The maximum atomic E-state index is 12.2. The molecule has 0 aromatic carbocycles. The van der Waals surface area contributed by atoms with Crippen LogP contribution in [0.1, 0.15) is 28.5 Å². The van der Waals surface area contributed by atoms with E-state index in [9.17, 15) is 9.59 Å². The van der Waals surface area contributed by atoms with E-state index in [2.05, 4.69) is 10.1 Å². The zero-order chi connectivity index (χ0) is 13.4. The third-order valence-electron chi connectivity index (χ3n) is 3.31. The number of aryl methyl sites for hydroxylation is 1. The Hall–Kier alpha value is -1.89. The van der Waals surface area contributed by atoms with Gasteiger partial charge in [0.1, 0.15) is 5.69 Å². The highest BCUT2D eigenvalue weighted by Gasteiger charge is 2.29. The van der Waals surface area contributed by atoms with Crippen LogP contribution in [0, 0.1) is 6.92 Å². The zero-order valence-electron chi connectivity index (χ0n) is 10.5. The number of carbonyl (C=O) groups excluding carboxylic acids is 1. The van der Waals surface area contributed by atoms with Gasteiger partial charge in [0, 0.05) is 24.7 Å². The van der Waals surface area contributed by atoms with Gasteiger partial charge in [0.2, 0.25) is 0 Å². The first-order valence-electron chi connectivity index (χ1n) is 6.11. The fourth-order valence-corrected chi connectivity index (χ4v) is 2.88. The van der Waals surface area contributed by atoms with Crippen molar-refractivity contribution in [2.75, 3.05) is 13.1 Å². The number of nitrogens with zero attached hydrogens (tertiary/aromatic N) is 3. The molecule has 6 nitrogen and oxygen atoms in total. The fourth-order valence-electron chi connectivity index (χ4n) is 2.33. The third kappa shape index (κ3) is 2.33. The highest BCUT2D eigenvalue weighted by Crippen LogP contribution is 2.22. The van der Waals surface area contributed by atoms with Crippen molar-refractivity contribution in [1.82, 2.24) is 19.7 Å². The predicted octanol–water partition coefficient (Wildman–Crippen LogP) is 1.03. The molecule has 1 atom stereocenters. The monoisotopic (exact) mass is 278 g/mol. The van der Waals surface area contributed by atoms with Crippen LogP contribution in [0.2, 0.25) is 0 Å². The summed E-state index contributed by atoms with van der Waals surface area (Å²) in [5, 5.41) is 5.87. The average molecular weight is 278 g/mol. The van der Waals surface area contributed by atoms with Crippen LogP contribution in [0.4, 0.5) is 0 Å². The van der Waals surface area contributed by atoms with Crippen molar-refractivity contribution in [3.8, 4) is 0 Å². The van der Waals surface area contributed by atoms with Crippen molar-refractivity contribution < 1.29 is 4.79 Å². The van der Waals surface area contributed by atoms with Gasteiger partial charge in [-0.3, -0.25) is 14.3 Å². The molecule has 0 bridgehead atoms. The second-order valence-corrected chi connectivity index (χ2v) is 5.60. The summed E-state index contributed by atoms with van der Waals surface area (Å²) in [5.74, 6) is -0.107. The minimum Gasteiger partial charge on any atom is -0.335 e. The van der Waals surface area contributed by atoms with Crippen LogP contribution in [-0.2, 0) is 0 Å². The van der Waals surface area contributed by atoms with E-state index in [1.807, 2.05) is 24.0 Å². The Morgan fingerprint density at radius 2 is 2.42 bits per heavy atom. The Kier molecular flexibility index (Phi) is 2.98. The average Bonchev–Trinajstić information content (AvgIpc) is 3.07. The van der Waals surface area contributed by atoms with Crippen molar-refractivity contribution >= 4 is 17.2 Å². The van der Waals surface area contributed by atoms with Gasteiger partial charge in [0.05, 0.1) is 12.2 Å². The van der Waals surface area contributed by atoms with Gasteiger partial charge < -0.3 is 9.88 Å². The van der Waals surface area contributed by atoms with E-state index in [0.717, 1.165) is 23.3 Å².